The van der Waals surface area contributed by atoms with E-state index in [0.29, 0.717) is 5.69 Å². The van der Waals surface area contributed by atoms with Gasteiger partial charge >= 0.3 is 5.97 Å². The molecule has 1 heterocycles. The summed E-state index contributed by atoms with van der Waals surface area (Å²) in [5.74, 6) is -1.53. The summed E-state index contributed by atoms with van der Waals surface area (Å²) in [5, 5.41) is 11.2. The van der Waals surface area contributed by atoms with Crippen LogP contribution >= 0.6 is 15.9 Å². The number of hydrogen-bond acceptors (Lipinski definition) is 2. The third-order valence-electron chi connectivity index (χ3n) is 1.85. The molecule has 0 aliphatic carbocycles. The summed E-state index contributed by atoms with van der Waals surface area (Å²) in [6.45, 7) is 2.84. The summed E-state index contributed by atoms with van der Waals surface area (Å²) in [6.07, 6.45) is 1.60. The highest BCUT2D eigenvalue weighted by Gasteiger charge is 2.29. The van der Waals surface area contributed by atoms with Gasteiger partial charge in [0.25, 0.3) is 5.91 Å². The summed E-state index contributed by atoms with van der Waals surface area (Å²) in [5.41, 5.74) is -0.967. The zero-order valence-corrected chi connectivity index (χ0v) is 9.88. The maximum absolute atomic E-state index is 11.6. The molecule has 1 amide bonds. The van der Waals surface area contributed by atoms with Crippen LogP contribution in [0.5, 0.6) is 0 Å². The largest absolute Gasteiger partial charge is 0.480 e. The minimum absolute atomic E-state index is 0.316. The molecule has 5 nitrogen and oxygen atoms in total. The van der Waals surface area contributed by atoms with E-state index < -0.39 is 17.4 Å². The van der Waals surface area contributed by atoms with E-state index in [4.69, 9.17) is 5.11 Å². The van der Waals surface area contributed by atoms with E-state index in [1.807, 2.05) is 0 Å². The predicted molar refractivity (Wildman–Crippen MR) is 57.7 cm³/mol. The summed E-state index contributed by atoms with van der Waals surface area (Å²) in [7, 11) is 0. The third kappa shape index (κ3) is 2.82. The SMILES string of the molecule is CC(C)(NC(=O)c1cc(Br)c[nH]1)C(=O)O. The van der Waals surface area contributed by atoms with Gasteiger partial charge < -0.3 is 15.4 Å². The molecule has 0 unspecified atom stereocenters. The van der Waals surface area contributed by atoms with Gasteiger partial charge in [-0.15, -0.1) is 0 Å². The van der Waals surface area contributed by atoms with E-state index in [1.54, 1.807) is 12.3 Å². The van der Waals surface area contributed by atoms with Crippen LogP contribution in [0.2, 0.25) is 0 Å². The second-order valence-corrected chi connectivity index (χ2v) is 4.53. The van der Waals surface area contributed by atoms with Crippen LogP contribution in [-0.2, 0) is 4.79 Å². The van der Waals surface area contributed by atoms with Gasteiger partial charge in [-0.05, 0) is 35.8 Å². The smallest absolute Gasteiger partial charge is 0.328 e. The fourth-order valence-electron chi connectivity index (χ4n) is 0.904. The molecule has 0 fully saturated rings. The molecule has 0 spiro atoms. The Morgan fingerprint density at radius 3 is 2.53 bits per heavy atom. The van der Waals surface area contributed by atoms with Crippen molar-refractivity contribution in [1.82, 2.24) is 10.3 Å². The molecule has 0 aliphatic heterocycles. The summed E-state index contributed by atoms with van der Waals surface area (Å²) in [4.78, 5) is 25.0. The molecule has 0 atom stereocenters. The van der Waals surface area contributed by atoms with Gasteiger partial charge in [0, 0.05) is 10.7 Å². The van der Waals surface area contributed by atoms with Gasteiger partial charge in [-0.1, -0.05) is 0 Å². The van der Waals surface area contributed by atoms with E-state index in [9.17, 15) is 9.59 Å². The van der Waals surface area contributed by atoms with Crippen LogP contribution in [0.15, 0.2) is 16.7 Å². The number of nitrogens with one attached hydrogen (secondary N) is 2. The lowest BCUT2D eigenvalue weighted by atomic mass is 10.1. The lowest BCUT2D eigenvalue weighted by Crippen LogP contribution is -2.49. The Balaban J connectivity index is 2.76. The molecule has 0 radical (unpaired) electrons. The lowest BCUT2D eigenvalue weighted by molar-refractivity contribution is -0.143. The zero-order chi connectivity index (χ0) is 11.6. The van der Waals surface area contributed by atoms with E-state index in [0.717, 1.165) is 4.47 Å². The van der Waals surface area contributed by atoms with Crippen molar-refractivity contribution in [2.24, 2.45) is 0 Å². The third-order valence-corrected chi connectivity index (χ3v) is 2.31. The van der Waals surface area contributed by atoms with Gasteiger partial charge in [-0.25, -0.2) is 4.79 Å². The number of aromatic amines is 1. The number of amides is 1. The normalized spacial score (nSPS) is 11.1. The Bertz CT molecular complexity index is 398. The Labute approximate surface area is 95.0 Å². The van der Waals surface area contributed by atoms with Crippen LogP contribution in [0.3, 0.4) is 0 Å². The highest BCUT2D eigenvalue weighted by atomic mass is 79.9. The molecule has 0 aromatic carbocycles. The fourth-order valence-corrected chi connectivity index (χ4v) is 1.25. The second kappa shape index (κ2) is 4.06. The molecular weight excluding hydrogens is 264 g/mol. The van der Waals surface area contributed by atoms with Gasteiger partial charge in [-0.3, -0.25) is 4.79 Å². The number of halogens is 1. The molecule has 1 aromatic rings. The fraction of sp³-hybridized carbons (Fsp3) is 0.333. The van der Waals surface area contributed by atoms with Crippen LogP contribution in [-0.4, -0.2) is 27.5 Å². The molecule has 1 aromatic heterocycles. The van der Waals surface area contributed by atoms with Gasteiger partial charge in [0.1, 0.15) is 11.2 Å². The van der Waals surface area contributed by atoms with Crippen LogP contribution in [0.4, 0.5) is 0 Å². The van der Waals surface area contributed by atoms with Crippen molar-refractivity contribution in [3.8, 4) is 0 Å². The minimum atomic E-state index is -1.28. The van der Waals surface area contributed by atoms with Gasteiger partial charge in [0.05, 0.1) is 0 Å². The molecule has 1 rings (SSSR count). The summed E-state index contributed by atoms with van der Waals surface area (Å²) in [6, 6.07) is 1.58. The quantitative estimate of drug-likeness (QED) is 0.779. The molecule has 6 heteroatoms. The topological polar surface area (TPSA) is 82.2 Å². The number of H-pyrrole nitrogens is 1. The Morgan fingerprint density at radius 2 is 2.13 bits per heavy atom. The first-order valence-electron chi connectivity index (χ1n) is 4.23. The zero-order valence-electron chi connectivity index (χ0n) is 8.30. The molecule has 0 bridgehead atoms. The number of aromatic nitrogens is 1. The number of hydrogen-bond donors (Lipinski definition) is 3. The Kier molecular flexibility index (Phi) is 3.18. The molecule has 3 N–H and O–H groups in total. The molecule has 82 valence electrons. The van der Waals surface area contributed by atoms with E-state index in [1.165, 1.54) is 13.8 Å². The summed E-state index contributed by atoms with van der Waals surface area (Å²) >= 11 is 3.18. The average molecular weight is 275 g/mol. The van der Waals surface area contributed by atoms with Gasteiger partial charge in [-0.2, -0.15) is 0 Å². The molecule has 0 aliphatic rings. The van der Waals surface area contributed by atoms with Crippen molar-refractivity contribution in [3.63, 3.8) is 0 Å². The first-order valence-corrected chi connectivity index (χ1v) is 5.02. The van der Waals surface area contributed by atoms with Crippen molar-refractivity contribution in [3.05, 3.63) is 22.4 Å². The van der Waals surface area contributed by atoms with Crippen molar-refractivity contribution >= 4 is 27.8 Å². The van der Waals surface area contributed by atoms with E-state index in [-0.39, 0.29) is 0 Å². The second-order valence-electron chi connectivity index (χ2n) is 3.62. The maximum atomic E-state index is 11.6. The van der Waals surface area contributed by atoms with Crippen molar-refractivity contribution in [2.75, 3.05) is 0 Å². The number of carboxylic acids is 1. The Morgan fingerprint density at radius 1 is 1.53 bits per heavy atom. The first kappa shape index (κ1) is 11.8. The van der Waals surface area contributed by atoms with Crippen molar-refractivity contribution in [2.45, 2.75) is 19.4 Å². The Hall–Kier alpha value is -1.30. The highest BCUT2D eigenvalue weighted by Crippen LogP contribution is 2.11. The predicted octanol–water partition coefficient (Wildman–Crippen LogP) is 1.37. The van der Waals surface area contributed by atoms with Crippen LogP contribution in [0, 0.1) is 0 Å². The maximum Gasteiger partial charge on any atom is 0.328 e. The molecule has 0 saturated heterocycles. The average Bonchev–Trinajstić information content (AvgIpc) is 2.50. The standard InChI is InChI=1S/C9H11BrN2O3/c1-9(2,8(14)15)12-7(13)6-3-5(10)4-11-6/h3-4,11H,1-2H3,(H,12,13)(H,14,15). The first-order chi connectivity index (χ1) is 6.83. The van der Waals surface area contributed by atoms with Crippen LogP contribution in [0.25, 0.3) is 0 Å². The summed E-state index contributed by atoms with van der Waals surface area (Å²) < 4.78 is 0.737. The van der Waals surface area contributed by atoms with Gasteiger partial charge in [0.2, 0.25) is 0 Å². The van der Waals surface area contributed by atoms with Crippen LogP contribution < -0.4 is 5.32 Å². The lowest BCUT2D eigenvalue weighted by Gasteiger charge is -2.20. The number of carbonyl (C=O) groups excluding carboxylic acids is 1. The van der Waals surface area contributed by atoms with E-state index >= 15 is 0 Å². The monoisotopic (exact) mass is 274 g/mol. The number of carbonyl (C=O) groups is 2. The minimum Gasteiger partial charge on any atom is -0.480 e. The molecule has 0 saturated carbocycles. The van der Waals surface area contributed by atoms with Crippen molar-refractivity contribution in [1.29, 1.82) is 0 Å². The highest BCUT2D eigenvalue weighted by molar-refractivity contribution is 9.10. The number of rotatable bonds is 3. The number of carboxylic acid groups (broad SMARTS) is 1. The number of aliphatic carboxylic acids is 1. The van der Waals surface area contributed by atoms with Crippen molar-refractivity contribution < 1.29 is 14.7 Å². The molecule has 15 heavy (non-hydrogen) atoms. The van der Waals surface area contributed by atoms with Gasteiger partial charge in [0.15, 0.2) is 0 Å². The molecular formula is C9H11BrN2O3. The van der Waals surface area contributed by atoms with E-state index in [2.05, 4.69) is 26.2 Å². The van der Waals surface area contributed by atoms with Crippen LogP contribution in [0.1, 0.15) is 24.3 Å².